The average molecular weight is 325 g/mol. The smallest absolute Gasteiger partial charge is 0.162 e. The average Bonchev–Trinajstić information content (AvgIpc) is 2.34. The van der Waals surface area contributed by atoms with E-state index in [1.807, 2.05) is 0 Å². The van der Waals surface area contributed by atoms with Crippen LogP contribution in [0.5, 0.6) is 0 Å². The lowest BCUT2D eigenvalue weighted by molar-refractivity contribution is 0.548. The Balaban J connectivity index is 3.54. The first-order chi connectivity index (χ1) is 9.39. The SMILES string of the molecule is CCCCCCCCCCCCC(S(C)=O)S(C)(=O)=O. The fraction of sp³-hybridized carbons (Fsp3) is 1.00. The molecule has 0 fully saturated rings. The van der Waals surface area contributed by atoms with Crippen molar-refractivity contribution in [2.75, 3.05) is 12.5 Å². The topological polar surface area (TPSA) is 51.2 Å². The maximum Gasteiger partial charge on any atom is 0.162 e. The maximum absolute atomic E-state index is 11.5. The van der Waals surface area contributed by atoms with Gasteiger partial charge < -0.3 is 0 Å². The molecule has 0 radical (unpaired) electrons. The van der Waals surface area contributed by atoms with Crippen LogP contribution in [0.2, 0.25) is 0 Å². The van der Waals surface area contributed by atoms with E-state index in [1.165, 1.54) is 63.9 Å². The Labute approximate surface area is 128 Å². The summed E-state index contributed by atoms with van der Waals surface area (Å²) in [4.78, 5) is 0. The van der Waals surface area contributed by atoms with Crippen LogP contribution in [0.1, 0.15) is 77.6 Å². The first-order valence-electron chi connectivity index (χ1n) is 7.90. The zero-order chi connectivity index (χ0) is 15.4. The Morgan fingerprint density at radius 1 is 0.850 bits per heavy atom. The Hall–Kier alpha value is 0.1000. The van der Waals surface area contributed by atoms with Gasteiger partial charge >= 0.3 is 0 Å². The van der Waals surface area contributed by atoms with Crippen LogP contribution < -0.4 is 0 Å². The van der Waals surface area contributed by atoms with Crippen molar-refractivity contribution >= 4 is 20.6 Å². The molecule has 5 heteroatoms. The molecule has 3 nitrogen and oxygen atoms in total. The Morgan fingerprint density at radius 2 is 1.25 bits per heavy atom. The molecule has 2 atom stereocenters. The van der Waals surface area contributed by atoms with E-state index >= 15 is 0 Å². The van der Waals surface area contributed by atoms with Crippen LogP contribution in [0.15, 0.2) is 0 Å². The summed E-state index contributed by atoms with van der Waals surface area (Å²) in [5, 5.41) is 0. The van der Waals surface area contributed by atoms with Crippen molar-refractivity contribution in [1.82, 2.24) is 0 Å². The van der Waals surface area contributed by atoms with Crippen LogP contribution in [0, 0.1) is 0 Å². The molecular formula is C15H32O3S2. The zero-order valence-electron chi connectivity index (χ0n) is 13.4. The molecule has 0 bridgehead atoms. The standard InChI is InChI=1S/C15H32O3S2/c1-4-5-6-7-8-9-10-11-12-13-14-15(19(2)16)20(3,17)18/h15H,4-14H2,1-3H3. The summed E-state index contributed by atoms with van der Waals surface area (Å²) in [6.07, 6.45) is 15.5. The van der Waals surface area contributed by atoms with Gasteiger partial charge in [0.05, 0.1) is 0 Å². The van der Waals surface area contributed by atoms with E-state index in [1.54, 1.807) is 0 Å². The summed E-state index contributed by atoms with van der Waals surface area (Å²) in [6.45, 7) is 2.23. The van der Waals surface area contributed by atoms with E-state index in [0.717, 1.165) is 12.8 Å². The lowest BCUT2D eigenvalue weighted by Crippen LogP contribution is -2.24. The van der Waals surface area contributed by atoms with Crippen LogP contribution in [0.25, 0.3) is 0 Å². The Kier molecular flexibility index (Phi) is 11.8. The molecule has 122 valence electrons. The quantitative estimate of drug-likeness (QED) is 0.480. The minimum Gasteiger partial charge on any atom is -0.259 e. The normalized spacial score (nSPS) is 15.2. The van der Waals surface area contributed by atoms with Crippen LogP contribution in [0.4, 0.5) is 0 Å². The van der Waals surface area contributed by atoms with Gasteiger partial charge in [0.25, 0.3) is 0 Å². The third kappa shape index (κ3) is 10.8. The molecule has 0 aromatic heterocycles. The summed E-state index contributed by atoms with van der Waals surface area (Å²) in [5.41, 5.74) is 0. The minimum atomic E-state index is -3.17. The monoisotopic (exact) mass is 324 g/mol. The van der Waals surface area contributed by atoms with Crippen molar-refractivity contribution < 1.29 is 12.6 Å². The summed E-state index contributed by atoms with van der Waals surface area (Å²) in [7, 11) is -4.45. The lowest BCUT2D eigenvalue weighted by Gasteiger charge is -2.11. The second-order valence-electron chi connectivity index (χ2n) is 5.73. The molecule has 20 heavy (non-hydrogen) atoms. The zero-order valence-corrected chi connectivity index (χ0v) is 15.0. The van der Waals surface area contributed by atoms with E-state index < -0.39 is 25.2 Å². The molecule has 0 aliphatic heterocycles. The van der Waals surface area contributed by atoms with Gasteiger partial charge in [-0.1, -0.05) is 71.1 Å². The van der Waals surface area contributed by atoms with Crippen LogP contribution >= 0.6 is 0 Å². The third-order valence-corrected chi connectivity index (χ3v) is 7.67. The largest absolute Gasteiger partial charge is 0.259 e. The Bertz CT molecular complexity index is 350. The number of hydrogen-bond acceptors (Lipinski definition) is 3. The first kappa shape index (κ1) is 20.1. The second-order valence-corrected chi connectivity index (χ2v) is 9.82. The predicted octanol–water partition coefficient (Wildman–Crippen LogP) is 4.05. The third-order valence-electron chi connectivity index (χ3n) is 3.64. The van der Waals surface area contributed by atoms with Gasteiger partial charge in [-0.15, -0.1) is 0 Å². The highest BCUT2D eigenvalue weighted by Gasteiger charge is 2.23. The van der Waals surface area contributed by atoms with Gasteiger partial charge in [0.2, 0.25) is 0 Å². The molecule has 0 aliphatic rings. The molecule has 0 aliphatic carbocycles. The maximum atomic E-state index is 11.5. The summed E-state index contributed by atoms with van der Waals surface area (Å²) in [5.74, 6) is 0. The summed E-state index contributed by atoms with van der Waals surface area (Å²) >= 11 is 0. The van der Waals surface area contributed by atoms with E-state index in [2.05, 4.69) is 6.92 Å². The minimum absolute atomic E-state index is 0.540. The number of unbranched alkanes of at least 4 members (excludes halogenated alkanes) is 9. The highest BCUT2D eigenvalue weighted by Crippen LogP contribution is 2.15. The molecule has 0 amide bonds. The number of sulfone groups is 1. The molecule has 0 spiro atoms. The van der Waals surface area contributed by atoms with Gasteiger partial charge in [-0.25, -0.2) is 8.42 Å². The second kappa shape index (κ2) is 11.7. The molecule has 0 aromatic rings. The van der Waals surface area contributed by atoms with Crippen molar-refractivity contribution in [2.24, 2.45) is 0 Å². The molecule has 0 rings (SSSR count). The van der Waals surface area contributed by atoms with Crippen molar-refractivity contribution in [1.29, 1.82) is 0 Å². The number of rotatable bonds is 13. The predicted molar refractivity (Wildman–Crippen MR) is 89.2 cm³/mol. The van der Waals surface area contributed by atoms with Gasteiger partial charge in [0.15, 0.2) is 9.84 Å². The first-order valence-corrected chi connectivity index (χ1v) is 11.5. The van der Waals surface area contributed by atoms with Gasteiger partial charge in [-0.2, -0.15) is 0 Å². The van der Waals surface area contributed by atoms with Crippen LogP contribution in [0.3, 0.4) is 0 Å². The van der Waals surface area contributed by atoms with Crippen LogP contribution in [-0.2, 0) is 20.6 Å². The van der Waals surface area contributed by atoms with Gasteiger partial charge in [0, 0.05) is 23.3 Å². The van der Waals surface area contributed by atoms with E-state index in [-0.39, 0.29) is 0 Å². The van der Waals surface area contributed by atoms with Crippen molar-refractivity contribution in [2.45, 2.75) is 82.1 Å². The molecular weight excluding hydrogens is 292 g/mol. The molecule has 0 heterocycles. The molecule has 0 saturated heterocycles. The van der Waals surface area contributed by atoms with E-state index in [4.69, 9.17) is 0 Å². The lowest BCUT2D eigenvalue weighted by atomic mass is 10.1. The number of hydrogen-bond donors (Lipinski definition) is 0. The summed E-state index contributed by atoms with van der Waals surface area (Å²) in [6, 6.07) is 0. The molecule has 2 unspecified atom stereocenters. The van der Waals surface area contributed by atoms with Gasteiger partial charge in [-0.3, -0.25) is 4.21 Å². The van der Waals surface area contributed by atoms with Gasteiger partial charge in [-0.05, 0) is 6.42 Å². The molecule has 0 aromatic carbocycles. The van der Waals surface area contributed by atoms with E-state index in [0.29, 0.717) is 6.42 Å². The molecule has 0 saturated carbocycles. The van der Waals surface area contributed by atoms with Crippen molar-refractivity contribution in [3.8, 4) is 0 Å². The fourth-order valence-electron chi connectivity index (χ4n) is 2.42. The van der Waals surface area contributed by atoms with Gasteiger partial charge in [0.1, 0.15) is 4.58 Å². The van der Waals surface area contributed by atoms with Crippen LogP contribution in [-0.4, -0.2) is 29.7 Å². The van der Waals surface area contributed by atoms with Crippen molar-refractivity contribution in [3.63, 3.8) is 0 Å². The highest BCUT2D eigenvalue weighted by atomic mass is 32.3. The molecule has 0 N–H and O–H groups in total. The van der Waals surface area contributed by atoms with Crippen molar-refractivity contribution in [3.05, 3.63) is 0 Å². The fourth-order valence-corrected chi connectivity index (χ4v) is 5.49. The highest BCUT2D eigenvalue weighted by molar-refractivity contribution is 8.05. The van der Waals surface area contributed by atoms with E-state index in [9.17, 15) is 12.6 Å². The summed E-state index contributed by atoms with van der Waals surface area (Å²) < 4.78 is 33.7. The Morgan fingerprint density at radius 3 is 1.60 bits per heavy atom.